The topological polar surface area (TPSA) is 108 Å². The molecule has 31 heavy (non-hydrogen) atoms. The van der Waals surface area contributed by atoms with Gasteiger partial charge in [0.1, 0.15) is 0 Å². The molecule has 11 heteroatoms. The molecule has 1 fully saturated rings. The first-order valence-electron chi connectivity index (χ1n) is 9.83. The lowest BCUT2D eigenvalue weighted by molar-refractivity contribution is -0.122. The van der Waals surface area contributed by atoms with Crippen molar-refractivity contribution in [3.8, 4) is 0 Å². The maximum atomic E-state index is 13.0. The van der Waals surface area contributed by atoms with Crippen LogP contribution >= 0.6 is 23.2 Å². The Morgan fingerprint density at radius 1 is 1.16 bits per heavy atom. The molecule has 1 aliphatic heterocycles. The van der Waals surface area contributed by atoms with E-state index in [4.69, 9.17) is 28.9 Å². The largest absolute Gasteiger partial charge is 0.369 e. The van der Waals surface area contributed by atoms with Crippen LogP contribution in [-0.2, 0) is 25.4 Å². The number of hydrogen-bond donors (Lipinski definition) is 1. The minimum absolute atomic E-state index is 0.183. The second kappa shape index (κ2) is 8.05. The van der Waals surface area contributed by atoms with Crippen molar-refractivity contribution in [1.29, 1.82) is 0 Å². The van der Waals surface area contributed by atoms with E-state index in [9.17, 15) is 14.4 Å². The highest BCUT2D eigenvalue weighted by Gasteiger charge is 2.28. The number of carbonyl (C=O) groups excluding carboxylic acids is 1. The van der Waals surface area contributed by atoms with Gasteiger partial charge in [-0.1, -0.05) is 29.3 Å². The Bertz CT molecular complexity index is 1300. The third-order valence-corrected chi connectivity index (χ3v) is 6.44. The number of imidazole rings is 1. The average Bonchev–Trinajstić information content (AvgIpc) is 3.12. The van der Waals surface area contributed by atoms with Gasteiger partial charge in [-0.15, -0.1) is 0 Å². The molecule has 0 saturated carbocycles. The summed E-state index contributed by atoms with van der Waals surface area (Å²) in [7, 11) is 3.02. The summed E-state index contributed by atoms with van der Waals surface area (Å²) in [5, 5.41) is 0.977. The molecule has 3 heterocycles. The number of aryl methyl sites for hydroxylation is 1. The van der Waals surface area contributed by atoms with Crippen LogP contribution in [0.3, 0.4) is 0 Å². The number of benzene rings is 1. The summed E-state index contributed by atoms with van der Waals surface area (Å²) in [5.74, 6) is 0.0524. The lowest BCUT2D eigenvalue weighted by atomic mass is 9.96. The highest BCUT2D eigenvalue weighted by molar-refractivity contribution is 6.35. The molecule has 0 bridgehead atoms. The number of halogens is 2. The van der Waals surface area contributed by atoms with E-state index in [2.05, 4.69) is 4.98 Å². The predicted molar refractivity (Wildman–Crippen MR) is 120 cm³/mol. The number of amides is 1. The van der Waals surface area contributed by atoms with Gasteiger partial charge in [0.2, 0.25) is 11.9 Å². The highest BCUT2D eigenvalue weighted by atomic mass is 35.5. The number of anilines is 1. The van der Waals surface area contributed by atoms with Gasteiger partial charge >= 0.3 is 5.69 Å². The zero-order valence-corrected chi connectivity index (χ0v) is 18.7. The fourth-order valence-electron chi connectivity index (χ4n) is 4.01. The van der Waals surface area contributed by atoms with E-state index in [1.807, 2.05) is 4.90 Å². The van der Waals surface area contributed by atoms with E-state index in [-0.39, 0.29) is 18.4 Å². The van der Waals surface area contributed by atoms with Crippen molar-refractivity contribution in [3.63, 3.8) is 0 Å². The summed E-state index contributed by atoms with van der Waals surface area (Å²) < 4.78 is 4.19. The van der Waals surface area contributed by atoms with E-state index >= 15 is 0 Å². The number of nitrogens with two attached hydrogens (primary N) is 1. The molecule has 1 aliphatic rings. The molecule has 0 radical (unpaired) electrons. The molecular weight excluding hydrogens is 443 g/mol. The molecule has 0 atom stereocenters. The van der Waals surface area contributed by atoms with Crippen LogP contribution in [0.25, 0.3) is 11.2 Å². The Hall–Kier alpha value is -2.78. The molecule has 1 aromatic carbocycles. The highest BCUT2D eigenvalue weighted by Crippen LogP contribution is 2.28. The minimum Gasteiger partial charge on any atom is -0.369 e. The van der Waals surface area contributed by atoms with Crippen molar-refractivity contribution >= 4 is 46.2 Å². The molecular formula is C20H22Cl2N6O3. The summed E-state index contributed by atoms with van der Waals surface area (Å²) in [5.41, 5.74) is 5.93. The second-order valence-electron chi connectivity index (χ2n) is 7.78. The predicted octanol–water partition coefficient (Wildman–Crippen LogP) is 1.49. The van der Waals surface area contributed by atoms with Gasteiger partial charge in [-0.2, -0.15) is 4.98 Å². The van der Waals surface area contributed by atoms with Crippen LogP contribution in [0.15, 0.2) is 27.8 Å². The lowest BCUT2D eigenvalue weighted by Gasteiger charge is -2.31. The first-order chi connectivity index (χ1) is 14.7. The average molecular weight is 465 g/mol. The Morgan fingerprint density at radius 2 is 1.84 bits per heavy atom. The van der Waals surface area contributed by atoms with Gasteiger partial charge < -0.3 is 10.6 Å². The Balaban J connectivity index is 1.89. The van der Waals surface area contributed by atoms with Crippen LogP contribution in [0.1, 0.15) is 18.4 Å². The number of primary amides is 1. The van der Waals surface area contributed by atoms with Crippen molar-refractivity contribution < 1.29 is 4.79 Å². The molecule has 0 unspecified atom stereocenters. The molecule has 3 aromatic rings. The summed E-state index contributed by atoms with van der Waals surface area (Å²) in [6.45, 7) is 1.38. The van der Waals surface area contributed by atoms with Gasteiger partial charge in [0.05, 0.1) is 6.54 Å². The number of hydrogen-bond acceptors (Lipinski definition) is 5. The normalized spacial score (nSPS) is 15.0. The zero-order valence-electron chi connectivity index (χ0n) is 17.1. The van der Waals surface area contributed by atoms with Crippen molar-refractivity contribution in [3.05, 3.63) is 54.6 Å². The number of carbonyl (C=O) groups is 1. The quantitative estimate of drug-likeness (QED) is 0.628. The number of piperidine rings is 1. The zero-order chi connectivity index (χ0) is 22.4. The number of rotatable bonds is 4. The fraction of sp³-hybridized carbons (Fsp3) is 0.400. The van der Waals surface area contributed by atoms with E-state index < -0.39 is 11.2 Å². The van der Waals surface area contributed by atoms with Crippen molar-refractivity contribution in [2.24, 2.45) is 25.7 Å². The van der Waals surface area contributed by atoms with Crippen LogP contribution in [0.2, 0.25) is 10.0 Å². The van der Waals surface area contributed by atoms with E-state index in [1.54, 1.807) is 29.8 Å². The van der Waals surface area contributed by atoms with E-state index in [1.165, 1.54) is 11.6 Å². The van der Waals surface area contributed by atoms with Gasteiger partial charge in [-0.3, -0.25) is 23.3 Å². The van der Waals surface area contributed by atoms with E-state index in [0.717, 1.165) is 10.1 Å². The third-order valence-electron chi connectivity index (χ3n) is 5.85. The maximum absolute atomic E-state index is 13.0. The fourth-order valence-corrected chi connectivity index (χ4v) is 4.48. The van der Waals surface area contributed by atoms with Gasteiger partial charge in [0.25, 0.3) is 5.56 Å². The monoisotopic (exact) mass is 464 g/mol. The first-order valence-corrected chi connectivity index (χ1v) is 10.6. The van der Waals surface area contributed by atoms with Gasteiger partial charge in [0.15, 0.2) is 11.2 Å². The van der Waals surface area contributed by atoms with Crippen molar-refractivity contribution in [1.82, 2.24) is 18.7 Å². The summed E-state index contributed by atoms with van der Waals surface area (Å²) in [6, 6.07) is 5.17. The summed E-state index contributed by atoms with van der Waals surface area (Å²) in [6.07, 6.45) is 1.19. The molecule has 4 rings (SSSR count). The van der Waals surface area contributed by atoms with Crippen LogP contribution in [0.4, 0.5) is 5.95 Å². The van der Waals surface area contributed by atoms with Gasteiger partial charge in [0, 0.05) is 43.1 Å². The van der Waals surface area contributed by atoms with E-state index in [0.29, 0.717) is 53.1 Å². The van der Waals surface area contributed by atoms with Crippen molar-refractivity contribution in [2.45, 2.75) is 19.4 Å². The van der Waals surface area contributed by atoms with Crippen molar-refractivity contribution in [2.75, 3.05) is 18.0 Å². The van der Waals surface area contributed by atoms with Crippen LogP contribution < -0.4 is 21.9 Å². The van der Waals surface area contributed by atoms with Gasteiger partial charge in [-0.05, 0) is 30.5 Å². The first kappa shape index (κ1) is 21.5. The molecule has 0 spiro atoms. The molecule has 0 aliphatic carbocycles. The SMILES string of the molecule is Cn1c(=O)c2c(nc(N3CCC(C(N)=O)CC3)n2Cc2ccc(Cl)cc2Cl)n(C)c1=O. The standard InChI is InChI=1S/C20H22Cl2N6O3/c1-25-17-15(18(30)26(2)20(25)31)28(10-12-3-4-13(21)9-14(12)22)19(24-17)27-7-5-11(6-8-27)16(23)29/h3-4,9,11H,5-8,10H2,1-2H3,(H2,23,29). The number of fused-ring (bicyclic) bond motifs is 1. The maximum Gasteiger partial charge on any atom is 0.332 e. The smallest absolute Gasteiger partial charge is 0.332 e. The minimum atomic E-state index is -0.453. The number of nitrogens with zero attached hydrogens (tertiary/aromatic N) is 5. The second-order valence-corrected chi connectivity index (χ2v) is 8.62. The van der Waals surface area contributed by atoms with Crippen LogP contribution in [0, 0.1) is 5.92 Å². The van der Waals surface area contributed by atoms with Gasteiger partial charge in [-0.25, -0.2) is 4.79 Å². The Labute approximate surface area is 187 Å². The molecule has 1 saturated heterocycles. The molecule has 2 aromatic heterocycles. The Morgan fingerprint density at radius 3 is 2.45 bits per heavy atom. The molecule has 164 valence electrons. The van der Waals surface area contributed by atoms with Crippen LogP contribution in [0.5, 0.6) is 0 Å². The molecule has 2 N–H and O–H groups in total. The third kappa shape index (κ3) is 3.72. The van der Waals surface area contributed by atoms with Crippen LogP contribution in [-0.4, -0.2) is 37.7 Å². The Kier molecular flexibility index (Phi) is 5.57. The lowest BCUT2D eigenvalue weighted by Crippen LogP contribution is -2.40. The summed E-state index contributed by atoms with van der Waals surface area (Å²) >= 11 is 12.4. The molecule has 1 amide bonds. The number of aromatic nitrogens is 4. The summed E-state index contributed by atoms with van der Waals surface area (Å²) in [4.78, 5) is 43.7. The molecule has 9 nitrogen and oxygen atoms in total.